The number of benzene rings is 2. The van der Waals surface area contributed by atoms with Gasteiger partial charge < -0.3 is 10.6 Å². The number of anilines is 1. The van der Waals surface area contributed by atoms with E-state index in [4.69, 9.17) is 6.42 Å². The first-order valence-corrected chi connectivity index (χ1v) is 10.0. The zero-order chi connectivity index (χ0) is 22.9. The van der Waals surface area contributed by atoms with Crippen LogP contribution in [0.1, 0.15) is 40.0 Å². The minimum atomic E-state index is -4.51. The van der Waals surface area contributed by atoms with Crippen molar-refractivity contribution in [2.75, 3.05) is 12.4 Å². The van der Waals surface area contributed by atoms with Crippen LogP contribution in [0.15, 0.2) is 60.7 Å². The molecule has 1 aliphatic rings. The highest BCUT2D eigenvalue weighted by Crippen LogP contribution is 2.46. The van der Waals surface area contributed by atoms with Crippen molar-refractivity contribution in [2.24, 2.45) is 0 Å². The number of nitrogens with zero attached hydrogens (tertiary/aromatic N) is 1. The van der Waals surface area contributed by atoms with Gasteiger partial charge in [-0.2, -0.15) is 13.2 Å². The van der Waals surface area contributed by atoms with Gasteiger partial charge in [-0.05, 0) is 60.4 Å². The first-order chi connectivity index (χ1) is 15.3. The summed E-state index contributed by atoms with van der Waals surface area (Å²) >= 11 is 0. The number of rotatable bonds is 5. The molecule has 1 fully saturated rings. The molecular weight excluding hydrogens is 415 g/mol. The predicted molar refractivity (Wildman–Crippen MR) is 117 cm³/mol. The molecular formula is C25H20F3N3O. The first-order valence-electron chi connectivity index (χ1n) is 10.0. The largest absolute Gasteiger partial charge is 0.433 e. The van der Waals surface area contributed by atoms with Crippen LogP contribution in [0.25, 0.3) is 11.1 Å². The molecule has 2 aromatic carbocycles. The molecule has 1 heterocycles. The van der Waals surface area contributed by atoms with Gasteiger partial charge in [0, 0.05) is 23.7 Å². The van der Waals surface area contributed by atoms with Gasteiger partial charge in [-0.15, -0.1) is 6.42 Å². The molecule has 0 saturated heterocycles. The summed E-state index contributed by atoms with van der Waals surface area (Å²) < 4.78 is 38.9. The molecule has 2 N–H and O–H groups in total. The molecule has 0 atom stereocenters. The fourth-order valence-electron chi connectivity index (χ4n) is 3.63. The smallest absolute Gasteiger partial charge is 0.373 e. The molecule has 0 spiro atoms. The summed E-state index contributed by atoms with van der Waals surface area (Å²) in [7, 11) is 1.53. The summed E-state index contributed by atoms with van der Waals surface area (Å²) in [5.41, 5.74) is 2.09. The maximum absolute atomic E-state index is 13.0. The van der Waals surface area contributed by atoms with Crippen LogP contribution in [0.5, 0.6) is 0 Å². The fraction of sp³-hybridized carbons (Fsp3) is 0.200. The second-order valence-corrected chi connectivity index (χ2v) is 7.68. The number of hydrogen-bond donors (Lipinski definition) is 2. The van der Waals surface area contributed by atoms with Gasteiger partial charge >= 0.3 is 6.18 Å². The molecule has 0 bridgehead atoms. The third kappa shape index (κ3) is 4.17. The Morgan fingerprint density at radius 1 is 1.03 bits per heavy atom. The van der Waals surface area contributed by atoms with E-state index >= 15 is 0 Å². The number of aromatic nitrogens is 1. The second-order valence-electron chi connectivity index (χ2n) is 7.68. The Bertz CT molecular complexity index is 1190. The molecule has 0 aliphatic heterocycles. The van der Waals surface area contributed by atoms with E-state index in [1.54, 1.807) is 24.3 Å². The molecule has 1 amide bonds. The summed E-state index contributed by atoms with van der Waals surface area (Å²) in [6, 6.07) is 16.6. The number of hydrogen-bond acceptors (Lipinski definition) is 3. The van der Waals surface area contributed by atoms with Gasteiger partial charge in [-0.25, -0.2) is 4.98 Å². The molecule has 1 saturated carbocycles. The average molecular weight is 435 g/mol. The standard InChI is InChI=1S/C25H20F3N3O/c1-3-16-4-6-18(7-5-16)23(32)31-24(14-15-24)19-10-8-17(9-11-19)20-12-13-21(25(26,27)28)30-22(20)29-2/h1,4-13H,14-15H2,2H3,(H,29,30)(H,31,32). The third-order valence-electron chi connectivity index (χ3n) is 5.59. The lowest BCUT2D eigenvalue weighted by molar-refractivity contribution is -0.141. The zero-order valence-corrected chi connectivity index (χ0v) is 17.3. The molecule has 32 heavy (non-hydrogen) atoms. The van der Waals surface area contributed by atoms with Crippen LogP contribution in [0.2, 0.25) is 0 Å². The van der Waals surface area contributed by atoms with Crippen LogP contribution >= 0.6 is 0 Å². The Morgan fingerprint density at radius 3 is 2.22 bits per heavy atom. The van der Waals surface area contributed by atoms with Gasteiger partial charge in [0.25, 0.3) is 5.91 Å². The first kappa shape index (κ1) is 21.4. The minimum Gasteiger partial charge on any atom is -0.373 e. The summed E-state index contributed by atoms with van der Waals surface area (Å²) in [6.45, 7) is 0. The van der Waals surface area contributed by atoms with E-state index in [9.17, 15) is 18.0 Å². The van der Waals surface area contributed by atoms with Crippen LogP contribution in [0.3, 0.4) is 0 Å². The maximum Gasteiger partial charge on any atom is 0.433 e. The number of carbonyl (C=O) groups excluding carboxylic acids is 1. The average Bonchev–Trinajstić information content (AvgIpc) is 3.58. The Morgan fingerprint density at radius 2 is 1.69 bits per heavy atom. The van der Waals surface area contributed by atoms with Crippen LogP contribution in [0, 0.1) is 12.3 Å². The van der Waals surface area contributed by atoms with Gasteiger partial charge in [0.05, 0.1) is 5.54 Å². The van der Waals surface area contributed by atoms with Crippen molar-refractivity contribution in [3.63, 3.8) is 0 Å². The van der Waals surface area contributed by atoms with Gasteiger partial charge in [0.2, 0.25) is 0 Å². The summed E-state index contributed by atoms with van der Waals surface area (Å²) in [4.78, 5) is 16.4. The Hall–Kier alpha value is -3.79. The molecule has 162 valence electrons. The van der Waals surface area contributed by atoms with Gasteiger partial charge in [0.1, 0.15) is 11.5 Å². The number of nitrogens with one attached hydrogen (secondary N) is 2. The molecule has 3 aromatic rings. The number of amides is 1. The highest BCUT2D eigenvalue weighted by atomic mass is 19.4. The number of halogens is 3. The number of carbonyl (C=O) groups is 1. The number of alkyl halides is 3. The van der Waals surface area contributed by atoms with Crippen molar-refractivity contribution in [3.05, 3.63) is 83.0 Å². The molecule has 4 nitrogen and oxygen atoms in total. The highest BCUT2D eigenvalue weighted by molar-refractivity contribution is 5.95. The topological polar surface area (TPSA) is 54.0 Å². The fourth-order valence-corrected chi connectivity index (χ4v) is 3.63. The van der Waals surface area contributed by atoms with Crippen molar-refractivity contribution in [3.8, 4) is 23.5 Å². The lowest BCUT2D eigenvalue weighted by atomic mass is 9.99. The minimum absolute atomic E-state index is 0.150. The molecule has 4 rings (SSSR count). The molecule has 1 aliphatic carbocycles. The predicted octanol–water partition coefficient (Wildman–Crippen LogP) is 5.21. The van der Waals surface area contributed by atoms with Crippen LogP contribution in [0.4, 0.5) is 19.0 Å². The second kappa shape index (κ2) is 8.04. The Kier molecular flexibility index (Phi) is 5.39. The lowest BCUT2D eigenvalue weighted by Gasteiger charge is -2.19. The van der Waals surface area contributed by atoms with Gasteiger partial charge in [-0.3, -0.25) is 4.79 Å². The zero-order valence-electron chi connectivity index (χ0n) is 17.3. The third-order valence-corrected chi connectivity index (χ3v) is 5.59. The van der Waals surface area contributed by atoms with Crippen molar-refractivity contribution in [1.82, 2.24) is 10.3 Å². The van der Waals surface area contributed by atoms with Crippen LogP contribution in [-0.4, -0.2) is 17.9 Å². The summed E-state index contributed by atoms with van der Waals surface area (Å²) in [5.74, 6) is 2.49. The maximum atomic E-state index is 13.0. The molecule has 0 unspecified atom stereocenters. The lowest BCUT2D eigenvalue weighted by Crippen LogP contribution is -2.34. The van der Waals surface area contributed by atoms with Crippen molar-refractivity contribution < 1.29 is 18.0 Å². The quantitative estimate of drug-likeness (QED) is 0.541. The van der Waals surface area contributed by atoms with Gasteiger partial charge in [-0.1, -0.05) is 30.2 Å². The number of terminal acetylenes is 1. The highest BCUT2D eigenvalue weighted by Gasteiger charge is 2.45. The van der Waals surface area contributed by atoms with E-state index < -0.39 is 17.4 Å². The van der Waals surface area contributed by atoms with E-state index in [1.165, 1.54) is 13.1 Å². The molecule has 1 aromatic heterocycles. The number of pyridine rings is 1. The Labute approximate surface area is 183 Å². The monoisotopic (exact) mass is 435 g/mol. The normalized spacial score (nSPS) is 14.3. The van der Waals surface area contributed by atoms with Crippen molar-refractivity contribution in [2.45, 2.75) is 24.6 Å². The van der Waals surface area contributed by atoms with E-state index in [1.807, 2.05) is 24.3 Å². The molecule has 7 heteroatoms. The van der Waals surface area contributed by atoms with E-state index in [2.05, 4.69) is 21.5 Å². The van der Waals surface area contributed by atoms with Crippen LogP contribution < -0.4 is 10.6 Å². The van der Waals surface area contributed by atoms with Crippen LogP contribution in [-0.2, 0) is 11.7 Å². The summed E-state index contributed by atoms with van der Waals surface area (Å²) in [5, 5.41) is 5.84. The van der Waals surface area contributed by atoms with E-state index in [0.29, 0.717) is 16.7 Å². The van der Waals surface area contributed by atoms with Crippen molar-refractivity contribution in [1.29, 1.82) is 0 Å². The van der Waals surface area contributed by atoms with E-state index in [0.717, 1.165) is 30.0 Å². The van der Waals surface area contributed by atoms with E-state index in [-0.39, 0.29) is 11.7 Å². The van der Waals surface area contributed by atoms with Gasteiger partial charge in [0.15, 0.2) is 0 Å². The summed E-state index contributed by atoms with van der Waals surface area (Å²) in [6.07, 6.45) is 2.47. The SMILES string of the molecule is C#Cc1ccc(C(=O)NC2(c3ccc(-c4ccc(C(F)(F)F)nc4NC)cc3)CC2)cc1. The Balaban J connectivity index is 1.55. The van der Waals surface area contributed by atoms with Crippen molar-refractivity contribution >= 4 is 11.7 Å². The molecule has 0 radical (unpaired) electrons.